The summed E-state index contributed by atoms with van der Waals surface area (Å²) in [6.45, 7) is 8.73. The Morgan fingerprint density at radius 2 is 1.78 bits per heavy atom. The van der Waals surface area contributed by atoms with E-state index in [1.807, 2.05) is 0 Å². The van der Waals surface area contributed by atoms with E-state index in [1.54, 1.807) is 6.92 Å². The van der Waals surface area contributed by atoms with Crippen molar-refractivity contribution in [2.75, 3.05) is 0 Å². The standard InChI is InChI=1S/C24H40O3/c1-5-11-24(26)14-10-21-19-7-6-17-15-18(27-16(2)25)8-12-22(17,3)20(19)9-13-23(21,24)4/h17-21,26H,5-15H2,1-4H3/t17-,18-,19-,20-,21-,22+,23-,24+/m1/s1. The molecule has 0 spiro atoms. The van der Waals surface area contributed by atoms with E-state index in [0.717, 1.165) is 43.9 Å². The number of esters is 1. The summed E-state index contributed by atoms with van der Waals surface area (Å²) in [7, 11) is 0. The van der Waals surface area contributed by atoms with E-state index in [4.69, 9.17) is 4.74 Å². The van der Waals surface area contributed by atoms with Crippen LogP contribution in [-0.4, -0.2) is 22.8 Å². The van der Waals surface area contributed by atoms with Crippen molar-refractivity contribution in [2.24, 2.45) is 34.5 Å². The van der Waals surface area contributed by atoms with Crippen molar-refractivity contribution in [3.05, 3.63) is 0 Å². The zero-order valence-electron chi connectivity index (χ0n) is 17.9. The topological polar surface area (TPSA) is 46.5 Å². The van der Waals surface area contributed by atoms with Gasteiger partial charge in [-0.15, -0.1) is 0 Å². The second kappa shape index (κ2) is 6.75. The molecule has 154 valence electrons. The summed E-state index contributed by atoms with van der Waals surface area (Å²) in [5, 5.41) is 11.5. The van der Waals surface area contributed by atoms with Gasteiger partial charge in [0.05, 0.1) is 5.60 Å². The van der Waals surface area contributed by atoms with Crippen molar-refractivity contribution < 1.29 is 14.6 Å². The number of fused-ring (bicyclic) bond motifs is 5. The molecule has 4 fully saturated rings. The van der Waals surface area contributed by atoms with Gasteiger partial charge in [0.1, 0.15) is 6.10 Å². The fraction of sp³-hybridized carbons (Fsp3) is 0.958. The summed E-state index contributed by atoms with van der Waals surface area (Å²) < 4.78 is 5.59. The molecule has 4 rings (SSSR count). The smallest absolute Gasteiger partial charge is 0.302 e. The van der Waals surface area contributed by atoms with Crippen LogP contribution in [0.3, 0.4) is 0 Å². The average Bonchev–Trinajstić information content (AvgIpc) is 2.86. The SMILES string of the molecule is CCC[C@]1(O)CC[C@@H]2[C@@H]3CC[C@@H]4C[C@H](OC(C)=O)CC[C@]4(C)[C@@H]3CC[C@]21C. The summed E-state index contributed by atoms with van der Waals surface area (Å²) in [6.07, 6.45) is 12.9. The van der Waals surface area contributed by atoms with E-state index in [-0.39, 0.29) is 17.5 Å². The predicted molar refractivity (Wildman–Crippen MR) is 107 cm³/mol. The van der Waals surface area contributed by atoms with Gasteiger partial charge >= 0.3 is 5.97 Å². The Labute approximate surface area is 165 Å². The summed E-state index contributed by atoms with van der Waals surface area (Å²) in [5.41, 5.74) is 0.108. The van der Waals surface area contributed by atoms with Crippen LogP contribution in [0.25, 0.3) is 0 Å². The molecule has 0 amide bonds. The number of hydrogen-bond acceptors (Lipinski definition) is 3. The monoisotopic (exact) mass is 376 g/mol. The Kier molecular flexibility index (Phi) is 4.93. The normalized spacial score (nSPS) is 51.8. The van der Waals surface area contributed by atoms with Crippen LogP contribution in [0, 0.1) is 34.5 Å². The van der Waals surface area contributed by atoms with E-state index < -0.39 is 5.60 Å². The number of ether oxygens (including phenoxy) is 1. The molecule has 1 N–H and O–H groups in total. The first kappa shape index (κ1) is 19.7. The van der Waals surface area contributed by atoms with Crippen molar-refractivity contribution in [1.29, 1.82) is 0 Å². The molecule has 0 aliphatic heterocycles. The fourth-order valence-electron chi connectivity index (χ4n) is 8.49. The van der Waals surface area contributed by atoms with Crippen molar-refractivity contribution in [2.45, 2.75) is 110 Å². The minimum atomic E-state index is -0.428. The van der Waals surface area contributed by atoms with Crippen molar-refractivity contribution >= 4 is 5.97 Å². The van der Waals surface area contributed by atoms with Crippen LogP contribution in [-0.2, 0) is 9.53 Å². The number of carbonyl (C=O) groups is 1. The van der Waals surface area contributed by atoms with Crippen LogP contribution in [0.2, 0.25) is 0 Å². The Balaban J connectivity index is 1.54. The molecule has 0 saturated heterocycles. The lowest BCUT2D eigenvalue weighted by Gasteiger charge is -2.61. The maximum atomic E-state index is 11.5. The third-order valence-corrected chi connectivity index (χ3v) is 9.94. The molecule has 27 heavy (non-hydrogen) atoms. The van der Waals surface area contributed by atoms with Crippen LogP contribution in [0.5, 0.6) is 0 Å². The second-order valence-corrected chi connectivity index (χ2v) is 10.9. The summed E-state index contributed by atoms with van der Waals surface area (Å²) >= 11 is 0. The molecule has 0 aromatic rings. The molecule has 3 nitrogen and oxygen atoms in total. The molecule has 4 aliphatic carbocycles. The zero-order chi connectivity index (χ0) is 19.4. The molecule has 0 heterocycles. The molecule has 4 saturated carbocycles. The highest BCUT2D eigenvalue weighted by atomic mass is 16.5. The number of rotatable bonds is 3. The predicted octanol–water partition coefficient (Wildman–Crippen LogP) is 5.49. The van der Waals surface area contributed by atoms with Crippen molar-refractivity contribution in [3.8, 4) is 0 Å². The zero-order valence-corrected chi connectivity index (χ0v) is 17.9. The maximum absolute atomic E-state index is 11.5. The first-order valence-corrected chi connectivity index (χ1v) is 11.6. The molecule has 0 aromatic heterocycles. The van der Waals surface area contributed by atoms with Crippen LogP contribution in [0.15, 0.2) is 0 Å². The number of hydrogen-bond donors (Lipinski definition) is 1. The minimum Gasteiger partial charge on any atom is -0.463 e. The molecule has 8 atom stereocenters. The lowest BCUT2D eigenvalue weighted by Crippen LogP contribution is -2.56. The van der Waals surface area contributed by atoms with E-state index >= 15 is 0 Å². The summed E-state index contributed by atoms with van der Waals surface area (Å²) in [5.74, 6) is 2.89. The van der Waals surface area contributed by atoms with E-state index in [9.17, 15) is 9.90 Å². The minimum absolute atomic E-state index is 0.119. The first-order chi connectivity index (χ1) is 12.7. The molecule has 4 aliphatic rings. The average molecular weight is 377 g/mol. The highest BCUT2D eigenvalue weighted by molar-refractivity contribution is 5.66. The van der Waals surface area contributed by atoms with Crippen molar-refractivity contribution in [1.82, 2.24) is 0 Å². The van der Waals surface area contributed by atoms with E-state index in [2.05, 4.69) is 20.8 Å². The number of aliphatic hydroxyl groups is 1. The van der Waals surface area contributed by atoms with Gasteiger partial charge in [0.2, 0.25) is 0 Å². The second-order valence-electron chi connectivity index (χ2n) is 10.9. The lowest BCUT2D eigenvalue weighted by molar-refractivity contribution is -0.170. The van der Waals surface area contributed by atoms with Gasteiger partial charge in [0.15, 0.2) is 0 Å². The Hall–Kier alpha value is -0.570. The van der Waals surface area contributed by atoms with Gasteiger partial charge in [-0.3, -0.25) is 4.79 Å². The summed E-state index contributed by atoms with van der Waals surface area (Å²) in [6, 6.07) is 0. The van der Waals surface area contributed by atoms with E-state index in [1.165, 1.54) is 38.5 Å². The van der Waals surface area contributed by atoms with Gasteiger partial charge in [-0.05, 0) is 98.7 Å². The third kappa shape index (κ3) is 2.90. The largest absolute Gasteiger partial charge is 0.463 e. The highest BCUT2D eigenvalue weighted by Gasteiger charge is 2.64. The van der Waals surface area contributed by atoms with Gasteiger partial charge in [-0.1, -0.05) is 27.2 Å². The molecule has 0 bridgehead atoms. The molecular weight excluding hydrogens is 336 g/mol. The quantitative estimate of drug-likeness (QED) is 0.662. The molecular formula is C24H40O3. The van der Waals surface area contributed by atoms with Gasteiger partial charge in [-0.25, -0.2) is 0 Å². The third-order valence-electron chi connectivity index (χ3n) is 9.94. The van der Waals surface area contributed by atoms with E-state index in [0.29, 0.717) is 17.3 Å². The van der Waals surface area contributed by atoms with Gasteiger partial charge in [-0.2, -0.15) is 0 Å². The lowest BCUT2D eigenvalue weighted by atomic mass is 9.44. The van der Waals surface area contributed by atoms with Crippen LogP contribution in [0.4, 0.5) is 0 Å². The van der Waals surface area contributed by atoms with Gasteiger partial charge < -0.3 is 9.84 Å². The highest BCUT2D eigenvalue weighted by Crippen LogP contribution is 2.68. The Bertz CT molecular complexity index is 588. The Morgan fingerprint density at radius 1 is 1.04 bits per heavy atom. The number of carbonyl (C=O) groups excluding carboxylic acids is 1. The van der Waals surface area contributed by atoms with Crippen LogP contribution >= 0.6 is 0 Å². The molecule has 3 heteroatoms. The molecule has 0 unspecified atom stereocenters. The fourth-order valence-corrected chi connectivity index (χ4v) is 8.49. The molecule has 0 radical (unpaired) electrons. The van der Waals surface area contributed by atoms with Gasteiger partial charge in [0, 0.05) is 6.92 Å². The van der Waals surface area contributed by atoms with Crippen molar-refractivity contribution in [3.63, 3.8) is 0 Å². The van der Waals surface area contributed by atoms with Gasteiger partial charge in [0.25, 0.3) is 0 Å². The Morgan fingerprint density at radius 3 is 2.48 bits per heavy atom. The first-order valence-electron chi connectivity index (χ1n) is 11.6. The summed E-state index contributed by atoms with van der Waals surface area (Å²) in [4.78, 5) is 11.4. The van der Waals surface area contributed by atoms with Crippen LogP contribution < -0.4 is 0 Å². The van der Waals surface area contributed by atoms with Crippen LogP contribution in [0.1, 0.15) is 98.3 Å². The maximum Gasteiger partial charge on any atom is 0.302 e. The molecule has 0 aromatic carbocycles.